The lowest BCUT2D eigenvalue weighted by molar-refractivity contribution is 0.180. The van der Waals surface area contributed by atoms with Crippen LogP contribution in [0.5, 0.6) is 5.75 Å². The molecule has 24 heavy (non-hydrogen) atoms. The molecule has 3 rings (SSSR count). The van der Waals surface area contributed by atoms with Crippen LogP contribution in [-0.4, -0.2) is 30.5 Å². The van der Waals surface area contributed by atoms with Gasteiger partial charge in [-0.25, -0.2) is 0 Å². The molecule has 1 aromatic heterocycles. The fourth-order valence-electron chi connectivity index (χ4n) is 2.71. The van der Waals surface area contributed by atoms with E-state index in [0.717, 1.165) is 33.2 Å². The van der Waals surface area contributed by atoms with Gasteiger partial charge >= 0.3 is 0 Å². The Hall–Kier alpha value is -1.66. The molecule has 124 valence electrons. The topological polar surface area (TPSA) is 25.4 Å². The van der Waals surface area contributed by atoms with Gasteiger partial charge in [-0.15, -0.1) is 0 Å². The Bertz CT molecular complexity index is 805. The van der Waals surface area contributed by atoms with Crippen LogP contribution in [0.3, 0.4) is 0 Å². The van der Waals surface area contributed by atoms with Crippen molar-refractivity contribution in [2.45, 2.75) is 12.5 Å². The van der Waals surface area contributed by atoms with Gasteiger partial charge in [0.15, 0.2) is 0 Å². The largest absolute Gasteiger partial charge is 0.484 e. The van der Waals surface area contributed by atoms with E-state index in [1.165, 1.54) is 5.39 Å². The Balaban J connectivity index is 1.97. The van der Waals surface area contributed by atoms with E-state index in [9.17, 15) is 0 Å². The van der Waals surface area contributed by atoms with Crippen LogP contribution in [0.2, 0.25) is 0 Å². The Labute approximate surface area is 156 Å². The fraction of sp³-hybridized carbons (Fsp3) is 0.250. The first kappa shape index (κ1) is 17.2. The third-order valence-electron chi connectivity index (χ3n) is 3.99. The maximum absolute atomic E-state index is 6.52. The first-order valence-corrected chi connectivity index (χ1v) is 9.11. The van der Waals surface area contributed by atoms with Crippen molar-refractivity contribution < 1.29 is 4.74 Å². The van der Waals surface area contributed by atoms with Gasteiger partial charge in [0.2, 0.25) is 0 Å². The summed E-state index contributed by atoms with van der Waals surface area (Å²) in [5, 5.41) is 2.36. The first-order chi connectivity index (χ1) is 11.6. The minimum absolute atomic E-state index is 0.0135. The predicted molar refractivity (Wildman–Crippen MR) is 107 cm³/mol. The van der Waals surface area contributed by atoms with Gasteiger partial charge in [-0.3, -0.25) is 4.98 Å². The molecule has 0 saturated heterocycles. The van der Waals surface area contributed by atoms with Gasteiger partial charge in [-0.1, -0.05) is 36.4 Å². The third-order valence-corrected chi connectivity index (χ3v) is 4.84. The molecule has 0 saturated carbocycles. The van der Waals surface area contributed by atoms with Crippen LogP contribution < -0.4 is 4.74 Å². The van der Waals surface area contributed by atoms with Crippen LogP contribution in [0.4, 0.5) is 0 Å². The molecule has 3 nitrogen and oxygen atoms in total. The Morgan fingerprint density at radius 1 is 1.08 bits per heavy atom. The molecule has 0 spiro atoms. The smallest absolute Gasteiger partial charge is 0.141 e. The first-order valence-electron chi connectivity index (χ1n) is 8.03. The highest BCUT2D eigenvalue weighted by molar-refractivity contribution is 14.1. The highest BCUT2D eigenvalue weighted by Crippen LogP contribution is 2.35. The van der Waals surface area contributed by atoms with Gasteiger partial charge in [-0.05, 0) is 54.2 Å². The molecule has 0 radical (unpaired) electrons. The van der Waals surface area contributed by atoms with E-state index in [1.807, 2.05) is 12.3 Å². The zero-order chi connectivity index (χ0) is 16.9. The lowest BCUT2D eigenvalue weighted by Gasteiger charge is -2.23. The number of hydrogen-bond donors (Lipinski definition) is 0. The number of ether oxygens (including phenoxy) is 1. The maximum atomic E-state index is 6.52. The van der Waals surface area contributed by atoms with Gasteiger partial charge in [0.25, 0.3) is 0 Å². The number of hydrogen-bond acceptors (Lipinski definition) is 3. The summed E-state index contributed by atoms with van der Waals surface area (Å²) < 4.78 is 7.65. The lowest BCUT2D eigenvalue weighted by atomic mass is 10.1. The van der Waals surface area contributed by atoms with Gasteiger partial charge in [0.05, 0.1) is 3.57 Å². The maximum Gasteiger partial charge on any atom is 0.141 e. The molecule has 1 heterocycles. The molecular formula is C20H21IN2O. The van der Waals surface area contributed by atoms with Crippen molar-refractivity contribution in [3.05, 3.63) is 70.1 Å². The summed E-state index contributed by atoms with van der Waals surface area (Å²) in [6.45, 7) is 0.959. The molecule has 0 aliphatic rings. The zero-order valence-electron chi connectivity index (χ0n) is 13.9. The van der Waals surface area contributed by atoms with E-state index in [4.69, 9.17) is 4.74 Å². The zero-order valence-corrected chi connectivity index (χ0v) is 16.1. The van der Waals surface area contributed by atoms with Crippen molar-refractivity contribution in [2.24, 2.45) is 0 Å². The SMILES string of the molecule is CN(C)CCC(Oc1c(I)ccc2ccccc12)c1cccnc1. The van der Waals surface area contributed by atoms with Crippen LogP contribution >= 0.6 is 22.6 Å². The van der Waals surface area contributed by atoms with E-state index in [2.05, 4.69) is 89.0 Å². The van der Waals surface area contributed by atoms with E-state index < -0.39 is 0 Å². The quantitative estimate of drug-likeness (QED) is 0.518. The van der Waals surface area contributed by atoms with E-state index in [1.54, 1.807) is 6.20 Å². The van der Waals surface area contributed by atoms with Crippen molar-refractivity contribution in [3.8, 4) is 5.75 Å². The number of halogens is 1. The Morgan fingerprint density at radius 3 is 2.67 bits per heavy atom. The molecule has 0 aliphatic carbocycles. The average Bonchev–Trinajstić information content (AvgIpc) is 2.61. The molecule has 0 aliphatic heterocycles. The molecular weight excluding hydrogens is 411 g/mol. The van der Waals surface area contributed by atoms with Gasteiger partial charge in [0, 0.05) is 36.3 Å². The number of nitrogens with zero attached hydrogens (tertiary/aromatic N) is 2. The third kappa shape index (κ3) is 4.05. The van der Waals surface area contributed by atoms with Crippen molar-refractivity contribution in [3.63, 3.8) is 0 Å². The summed E-state index contributed by atoms with van der Waals surface area (Å²) in [5.41, 5.74) is 1.11. The van der Waals surface area contributed by atoms with E-state index >= 15 is 0 Å². The molecule has 0 amide bonds. The Kier molecular flexibility index (Phi) is 5.68. The molecule has 0 bridgehead atoms. The summed E-state index contributed by atoms with van der Waals surface area (Å²) >= 11 is 2.35. The number of fused-ring (bicyclic) bond motifs is 1. The summed E-state index contributed by atoms with van der Waals surface area (Å²) in [5.74, 6) is 0.960. The monoisotopic (exact) mass is 432 g/mol. The van der Waals surface area contributed by atoms with Crippen molar-refractivity contribution in [1.29, 1.82) is 0 Å². The van der Waals surface area contributed by atoms with E-state index in [-0.39, 0.29) is 6.10 Å². The van der Waals surface area contributed by atoms with Crippen LogP contribution in [0.1, 0.15) is 18.1 Å². The molecule has 1 atom stereocenters. The Morgan fingerprint density at radius 2 is 1.92 bits per heavy atom. The van der Waals surface area contributed by atoms with Crippen molar-refractivity contribution >= 4 is 33.4 Å². The van der Waals surface area contributed by atoms with Crippen LogP contribution in [0.25, 0.3) is 10.8 Å². The number of aromatic nitrogens is 1. The standard InChI is InChI=1S/C20H21IN2O/c1-23(2)13-11-19(16-7-5-12-22-14-16)24-20-17-8-4-3-6-15(17)9-10-18(20)21/h3-10,12,14,19H,11,13H2,1-2H3. The van der Waals surface area contributed by atoms with Crippen molar-refractivity contribution in [2.75, 3.05) is 20.6 Å². The summed E-state index contributed by atoms with van der Waals surface area (Å²) in [6.07, 6.45) is 4.60. The van der Waals surface area contributed by atoms with Crippen LogP contribution in [-0.2, 0) is 0 Å². The second kappa shape index (κ2) is 7.94. The molecule has 1 unspecified atom stereocenters. The molecule has 4 heteroatoms. The minimum atomic E-state index is -0.0135. The fourth-order valence-corrected chi connectivity index (χ4v) is 3.31. The number of rotatable bonds is 6. The normalized spacial score (nSPS) is 12.5. The molecule has 0 fully saturated rings. The molecule has 0 N–H and O–H groups in total. The van der Waals surface area contributed by atoms with Crippen LogP contribution in [0, 0.1) is 3.57 Å². The highest BCUT2D eigenvalue weighted by Gasteiger charge is 2.17. The number of pyridine rings is 1. The van der Waals surface area contributed by atoms with Gasteiger partial charge in [-0.2, -0.15) is 0 Å². The number of benzene rings is 2. The predicted octanol–water partition coefficient (Wildman–Crippen LogP) is 4.91. The summed E-state index contributed by atoms with van der Waals surface area (Å²) in [6, 6.07) is 16.7. The second-order valence-electron chi connectivity index (χ2n) is 6.08. The summed E-state index contributed by atoms with van der Waals surface area (Å²) in [7, 11) is 4.17. The second-order valence-corrected chi connectivity index (χ2v) is 7.24. The summed E-state index contributed by atoms with van der Waals surface area (Å²) in [4.78, 5) is 6.44. The minimum Gasteiger partial charge on any atom is -0.484 e. The van der Waals surface area contributed by atoms with Gasteiger partial charge in [0.1, 0.15) is 11.9 Å². The molecule has 3 aromatic rings. The van der Waals surface area contributed by atoms with Crippen LogP contribution in [0.15, 0.2) is 60.9 Å². The highest BCUT2D eigenvalue weighted by atomic mass is 127. The lowest BCUT2D eigenvalue weighted by Crippen LogP contribution is -2.19. The van der Waals surface area contributed by atoms with Crippen molar-refractivity contribution in [1.82, 2.24) is 9.88 Å². The molecule has 2 aromatic carbocycles. The average molecular weight is 432 g/mol. The van der Waals surface area contributed by atoms with Gasteiger partial charge < -0.3 is 9.64 Å². The van der Waals surface area contributed by atoms with E-state index in [0.29, 0.717) is 0 Å².